The van der Waals surface area contributed by atoms with Crippen molar-refractivity contribution in [2.45, 2.75) is 30.8 Å². The molecule has 4 nitrogen and oxygen atoms in total. The monoisotopic (exact) mass is 425 g/mol. The summed E-state index contributed by atoms with van der Waals surface area (Å²) in [7, 11) is 4.15. The zero-order chi connectivity index (χ0) is 18.8. The largest absolute Gasteiger partial charge is 0.490 e. The summed E-state index contributed by atoms with van der Waals surface area (Å²) in [5.41, 5.74) is 5.74. The maximum atomic E-state index is 5.98. The number of benzene rings is 2. The van der Waals surface area contributed by atoms with Crippen LogP contribution in [0.3, 0.4) is 0 Å². The molecule has 0 aliphatic heterocycles. The van der Waals surface area contributed by atoms with Crippen molar-refractivity contribution in [3.63, 3.8) is 0 Å². The van der Waals surface area contributed by atoms with Crippen molar-refractivity contribution in [3.05, 3.63) is 65.9 Å². The second-order valence-corrected chi connectivity index (χ2v) is 7.74. The Bertz CT molecular complexity index is 931. The molecule has 1 heterocycles. The third kappa shape index (κ3) is 4.19. The van der Waals surface area contributed by atoms with E-state index in [1.807, 2.05) is 6.07 Å². The van der Waals surface area contributed by atoms with Crippen LogP contribution in [0.5, 0.6) is 5.75 Å². The number of halogens is 1. The van der Waals surface area contributed by atoms with Crippen LogP contribution in [0.4, 0.5) is 5.69 Å². The molecule has 3 aromatic rings. The van der Waals surface area contributed by atoms with Gasteiger partial charge in [0.15, 0.2) is 0 Å². The number of aromatic nitrogens is 2. The molecule has 0 radical (unpaired) electrons. The number of hydrogen-bond acceptors (Lipinski definition) is 3. The molecule has 140 valence electrons. The van der Waals surface area contributed by atoms with Crippen LogP contribution in [0.2, 0.25) is 0 Å². The maximum absolute atomic E-state index is 5.98. The van der Waals surface area contributed by atoms with E-state index in [0.717, 1.165) is 47.4 Å². The normalized spacial score (nSPS) is 13.6. The molecule has 0 amide bonds. The summed E-state index contributed by atoms with van der Waals surface area (Å²) < 4.78 is 8.08. The Morgan fingerprint density at radius 1 is 1.11 bits per heavy atom. The van der Waals surface area contributed by atoms with Gasteiger partial charge in [-0.25, -0.2) is 0 Å². The lowest BCUT2D eigenvalue weighted by Crippen LogP contribution is -2.13. The molecule has 1 fully saturated rings. The molecule has 0 N–H and O–H groups in total. The average molecular weight is 426 g/mol. The van der Waals surface area contributed by atoms with Crippen LogP contribution in [0, 0.1) is 0 Å². The molecule has 0 atom stereocenters. The Labute approximate surface area is 168 Å². The van der Waals surface area contributed by atoms with Gasteiger partial charge in [-0.1, -0.05) is 46.3 Å². The first-order valence-corrected chi connectivity index (χ1v) is 10.4. The number of rotatable bonds is 7. The zero-order valence-electron chi connectivity index (χ0n) is 15.7. The van der Waals surface area contributed by atoms with Gasteiger partial charge in [-0.05, 0) is 42.7 Å². The first-order valence-electron chi connectivity index (χ1n) is 9.29. The van der Waals surface area contributed by atoms with Gasteiger partial charge in [-0.3, -0.25) is 4.68 Å². The van der Waals surface area contributed by atoms with Crippen molar-refractivity contribution >= 4 is 21.6 Å². The predicted molar refractivity (Wildman–Crippen MR) is 114 cm³/mol. The van der Waals surface area contributed by atoms with Gasteiger partial charge in [0.05, 0.1) is 24.0 Å². The molecule has 0 spiro atoms. The lowest BCUT2D eigenvalue weighted by atomic mass is 10.1. The molecule has 5 heteroatoms. The van der Waals surface area contributed by atoms with Gasteiger partial charge >= 0.3 is 0 Å². The van der Waals surface area contributed by atoms with Gasteiger partial charge in [-0.15, -0.1) is 0 Å². The molecule has 27 heavy (non-hydrogen) atoms. The second kappa shape index (κ2) is 7.77. The van der Waals surface area contributed by atoms with Crippen molar-refractivity contribution < 1.29 is 4.74 Å². The number of hydrogen-bond donors (Lipinski definition) is 0. The lowest BCUT2D eigenvalue weighted by Gasteiger charge is -2.18. The summed E-state index contributed by atoms with van der Waals surface area (Å²) in [5.74, 6) is 0.942. The van der Waals surface area contributed by atoms with E-state index in [4.69, 9.17) is 9.84 Å². The SMILES string of the molecule is CN(C)c1ccccc1Cn1nc(CBr)cc1-c1cccc(OC2CC2)c1. The first-order chi connectivity index (χ1) is 13.1. The molecule has 1 aliphatic carbocycles. The summed E-state index contributed by atoms with van der Waals surface area (Å²) in [6, 6.07) is 19.0. The Morgan fingerprint density at radius 3 is 2.67 bits per heavy atom. The van der Waals surface area contributed by atoms with Crippen LogP contribution < -0.4 is 9.64 Å². The molecule has 4 rings (SSSR count). The molecule has 0 bridgehead atoms. The molecule has 1 aromatic heterocycles. The fourth-order valence-electron chi connectivity index (χ4n) is 3.24. The summed E-state index contributed by atoms with van der Waals surface area (Å²) in [6.07, 6.45) is 2.73. The second-order valence-electron chi connectivity index (χ2n) is 7.18. The lowest BCUT2D eigenvalue weighted by molar-refractivity contribution is 0.303. The maximum Gasteiger partial charge on any atom is 0.120 e. The first kappa shape index (κ1) is 18.1. The van der Waals surface area contributed by atoms with Gasteiger partial charge in [0.1, 0.15) is 5.75 Å². The third-order valence-electron chi connectivity index (χ3n) is 4.72. The number of nitrogens with zero attached hydrogens (tertiary/aromatic N) is 3. The van der Waals surface area contributed by atoms with E-state index in [-0.39, 0.29) is 0 Å². The van der Waals surface area contributed by atoms with Gasteiger partial charge in [0.25, 0.3) is 0 Å². The third-order valence-corrected chi connectivity index (χ3v) is 5.29. The van der Waals surface area contributed by atoms with Crippen molar-refractivity contribution in [3.8, 4) is 17.0 Å². The molecule has 1 saturated carbocycles. The minimum Gasteiger partial charge on any atom is -0.490 e. The van der Waals surface area contributed by atoms with Crippen molar-refractivity contribution in [2.75, 3.05) is 19.0 Å². The van der Waals surface area contributed by atoms with Gasteiger partial charge in [0, 0.05) is 30.7 Å². The van der Waals surface area contributed by atoms with Crippen LogP contribution in [0.25, 0.3) is 11.3 Å². The van der Waals surface area contributed by atoms with Crippen molar-refractivity contribution in [2.24, 2.45) is 0 Å². The smallest absolute Gasteiger partial charge is 0.120 e. The zero-order valence-corrected chi connectivity index (χ0v) is 17.3. The summed E-state index contributed by atoms with van der Waals surface area (Å²) >= 11 is 3.55. The van der Waals surface area contributed by atoms with Gasteiger partial charge in [0.2, 0.25) is 0 Å². The quantitative estimate of drug-likeness (QED) is 0.493. The molecule has 0 unspecified atom stereocenters. The highest BCUT2D eigenvalue weighted by atomic mass is 79.9. The minimum absolute atomic E-state index is 0.398. The van der Waals surface area contributed by atoms with Crippen LogP contribution in [0.1, 0.15) is 24.1 Å². The topological polar surface area (TPSA) is 30.3 Å². The van der Waals surface area contributed by atoms with Crippen molar-refractivity contribution in [1.82, 2.24) is 9.78 Å². The van der Waals surface area contributed by atoms with E-state index in [9.17, 15) is 0 Å². The minimum atomic E-state index is 0.398. The summed E-state index contributed by atoms with van der Waals surface area (Å²) in [6.45, 7) is 0.727. The van der Waals surface area contributed by atoms with Crippen LogP contribution >= 0.6 is 15.9 Å². The van der Waals surface area contributed by atoms with Gasteiger partial charge in [-0.2, -0.15) is 5.10 Å². The number of anilines is 1. The van der Waals surface area contributed by atoms with E-state index in [0.29, 0.717) is 6.10 Å². The van der Waals surface area contributed by atoms with E-state index >= 15 is 0 Å². The number of alkyl halides is 1. The van der Waals surface area contributed by atoms with Crippen LogP contribution in [0.15, 0.2) is 54.6 Å². The van der Waals surface area contributed by atoms with E-state index < -0.39 is 0 Å². The van der Waals surface area contributed by atoms with Crippen LogP contribution in [-0.2, 0) is 11.9 Å². The molecular weight excluding hydrogens is 402 g/mol. The van der Waals surface area contributed by atoms with Crippen molar-refractivity contribution in [1.29, 1.82) is 0 Å². The Morgan fingerprint density at radius 2 is 1.93 bits per heavy atom. The molecule has 2 aromatic carbocycles. The number of para-hydroxylation sites is 1. The highest BCUT2D eigenvalue weighted by Gasteiger charge is 2.23. The standard InChI is InChI=1S/C22H24BrN3O/c1-25(2)21-9-4-3-6-17(21)15-26-22(13-18(14-23)24-26)16-7-5-8-20(12-16)27-19-10-11-19/h3-9,12-13,19H,10-11,14-15H2,1-2H3. The van der Waals surface area contributed by atoms with E-state index in [1.165, 1.54) is 11.3 Å². The van der Waals surface area contributed by atoms with E-state index in [2.05, 4.69) is 88.1 Å². The highest BCUT2D eigenvalue weighted by molar-refractivity contribution is 9.08. The highest BCUT2D eigenvalue weighted by Crippen LogP contribution is 2.31. The summed E-state index contributed by atoms with van der Waals surface area (Å²) in [5, 5.41) is 5.55. The Hall–Kier alpha value is -2.27. The Kier molecular flexibility index (Phi) is 5.21. The average Bonchev–Trinajstić information content (AvgIpc) is 3.39. The molecule has 1 aliphatic rings. The fourth-order valence-corrected chi connectivity index (χ4v) is 3.51. The van der Waals surface area contributed by atoms with E-state index in [1.54, 1.807) is 0 Å². The fraction of sp³-hybridized carbons (Fsp3) is 0.318. The van der Waals surface area contributed by atoms with Crippen LogP contribution in [-0.4, -0.2) is 30.0 Å². The number of ether oxygens (including phenoxy) is 1. The molecule has 0 saturated heterocycles. The Balaban J connectivity index is 1.69. The van der Waals surface area contributed by atoms with Gasteiger partial charge < -0.3 is 9.64 Å². The molecular formula is C22H24BrN3O. The predicted octanol–water partition coefficient (Wildman–Crippen LogP) is 5.10. The summed E-state index contributed by atoms with van der Waals surface area (Å²) in [4.78, 5) is 2.15.